The molecule has 0 amide bonds. The number of nitrogens with zero attached hydrogens (tertiary/aromatic N) is 2. The first-order chi connectivity index (χ1) is 8.70. The summed E-state index contributed by atoms with van der Waals surface area (Å²) in [5, 5.41) is 0.862. The maximum atomic E-state index is 5.53. The predicted octanol–water partition coefficient (Wildman–Crippen LogP) is 3.15. The molecule has 0 bridgehead atoms. The normalized spacial score (nSPS) is 19.8. The van der Waals surface area contributed by atoms with Crippen LogP contribution in [0.25, 0.3) is 0 Å². The number of hydrogen-bond acceptors (Lipinski definition) is 3. The number of pyridine rings is 1. The Kier molecular flexibility index (Phi) is 5.01. The summed E-state index contributed by atoms with van der Waals surface area (Å²) in [4.78, 5) is 6.83. The standard InChI is InChI=1S/C14H21BrN2O/c1-11-6-13(7-15)8-16-14(11)17(2)9-12-4-3-5-18-10-12/h6,8,12H,3-5,7,9-10H2,1-2H3. The summed E-state index contributed by atoms with van der Waals surface area (Å²) < 4.78 is 5.53. The number of halogens is 1. The molecule has 1 aromatic heterocycles. The van der Waals surface area contributed by atoms with Gasteiger partial charge in [0.2, 0.25) is 0 Å². The van der Waals surface area contributed by atoms with Crippen molar-refractivity contribution in [1.29, 1.82) is 0 Å². The van der Waals surface area contributed by atoms with Gasteiger partial charge in [0.1, 0.15) is 5.82 Å². The summed E-state index contributed by atoms with van der Waals surface area (Å²) in [5.41, 5.74) is 2.47. The number of hydrogen-bond donors (Lipinski definition) is 0. The van der Waals surface area contributed by atoms with E-state index in [-0.39, 0.29) is 0 Å². The minimum absolute atomic E-state index is 0.640. The number of anilines is 1. The quantitative estimate of drug-likeness (QED) is 0.799. The fourth-order valence-corrected chi connectivity index (χ4v) is 2.83. The van der Waals surface area contributed by atoms with Crippen LogP contribution in [-0.2, 0) is 10.1 Å². The highest BCUT2D eigenvalue weighted by molar-refractivity contribution is 9.08. The number of rotatable bonds is 4. The van der Waals surface area contributed by atoms with Gasteiger partial charge in [0.15, 0.2) is 0 Å². The molecule has 0 aliphatic carbocycles. The van der Waals surface area contributed by atoms with Gasteiger partial charge in [0.25, 0.3) is 0 Å². The van der Waals surface area contributed by atoms with Crippen molar-refractivity contribution in [1.82, 2.24) is 4.98 Å². The van der Waals surface area contributed by atoms with Gasteiger partial charge >= 0.3 is 0 Å². The summed E-state index contributed by atoms with van der Waals surface area (Å²) in [7, 11) is 2.12. The monoisotopic (exact) mass is 312 g/mol. The van der Waals surface area contributed by atoms with E-state index in [1.807, 2.05) is 6.20 Å². The van der Waals surface area contributed by atoms with Crippen molar-refractivity contribution < 1.29 is 4.74 Å². The highest BCUT2D eigenvalue weighted by Crippen LogP contribution is 2.21. The Hall–Kier alpha value is -0.610. The molecule has 3 nitrogen and oxygen atoms in total. The van der Waals surface area contributed by atoms with E-state index < -0.39 is 0 Å². The minimum atomic E-state index is 0.640. The van der Waals surface area contributed by atoms with Crippen molar-refractivity contribution in [3.8, 4) is 0 Å². The first-order valence-corrected chi connectivity index (χ1v) is 7.63. The lowest BCUT2D eigenvalue weighted by molar-refractivity contribution is 0.0576. The average molecular weight is 313 g/mol. The predicted molar refractivity (Wildman–Crippen MR) is 78.4 cm³/mol. The average Bonchev–Trinajstić information content (AvgIpc) is 2.39. The Bertz CT molecular complexity index is 391. The zero-order valence-corrected chi connectivity index (χ0v) is 12.7. The van der Waals surface area contributed by atoms with Crippen LogP contribution in [0, 0.1) is 12.8 Å². The van der Waals surface area contributed by atoms with Crippen molar-refractivity contribution >= 4 is 21.7 Å². The highest BCUT2D eigenvalue weighted by atomic mass is 79.9. The van der Waals surface area contributed by atoms with Gasteiger partial charge in [-0.1, -0.05) is 22.0 Å². The molecular weight excluding hydrogens is 292 g/mol. The van der Waals surface area contributed by atoms with E-state index in [9.17, 15) is 0 Å². The summed E-state index contributed by atoms with van der Waals surface area (Å²) in [5.74, 6) is 1.73. The molecule has 0 N–H and O–H groups in total. The zero-order valence-electron chi connectivity index (χ0n) is 11.2. The van der Waals surface area contributed by atoms with Gasteiger partial charge < -0.3 is 9.64 Å². The molecule has 100 valence electrons. The molecule has 1 aliphatic heterocycles. The van der Waals surface area contributed by atoms with Gasteiger partial charge in [-0.3, -0.25) is 0 Å². The van der Waals surface area contributed by atoms with E-state index in [0.717, 1.165) is 30.9 Å². The van der Waals surface area contributed by atoms with E-state index in [0.29, 0.717) is 5.92 Å². The van der Waals surface area contributed by atoms with Crippen LogP contribution in [0.3, 0.4) is 0 Å². The molecule has 0 radical (unpaired) electrons. The lowest BCUT2D eigenvalue weighted by Crippen LogP contribution is -2.31. The highest BCUT2D eigenvalue weighted by Gasteiger charge is 2.17. The van der Waals surface area contributed by atoms with Gasteiger partial charge in [-0.25, -0.2) is 4.98 Å². The van der Waals surface area contributed by atoms with Gasteiger partial charge in [-0.2, -0.15) is 0 Å². The van der Waals surface area contributed by atoms with E-state index in [1.165, 1.54) is 24.0 Å². The zero-order chi connectivity index (χ0) is 13.0. The van der Waals surface area contributed by atoms with Gasteiger partial charge in [0.05, 0.1) is 6.61 Å². The SMILES string of the molecule is Cc1cc(CBr)cnc1N(C)CC1CCCOC1. The van der Waals surface area contributed by atoms with Crippen LogP contribution in [0.1, 0.15) is 24.0 Å². The molecule has 1 unspecified atom stereocenters. The van der Waals surface area contributed by atoms with Crippen molar-refractivity contribution in [3.63, 3.8) is 0 Å². The van der Waals surface area contributed by atoms with E-state index in [1.54, 1.807) is 0 Å². The summed E-state index contributed by atoms with van der Waals surface area (Å²) >= 11 is 3.46. The first kappa shape index (κ1) is 13.8. The number of aromatic nitrogens is 1. The Labute approximate surface area is 118 Å². The number of alkyl halides is 1. The van der Waals surface area contributed by atoms with Crippen LogP contribution in [0.15, 0.2) is 12.3 Å². The third kappa shape index (κ3) is 3.45. The van der Waals surface area contributed by atoms with Crippen LogP contribution in [0.2, 0.25) is 0 Å². The number of aryl methyl sites for hydroxylation is 1. The maximum absolute atomic E-state index is 5.53. The van der Waals surface area contributed by atoms with E-state index >= 15 is 0 Å². The number of ether oxygens (including phenoxy) is 1. The van der Waals surface area contributed by atoms with Crippen LogP contribution in [-0.4, -0.2) is 31.8 Å². The molecule has 1 atom stereocenters. The van der Waals surface area contributed by atoms with E-state index in [4.69, 9.17) is 4.74 Å². The van der Waals surface area contributed by atoms with E-state index in [2.05, 4.69) is 45.9 Å². The molecule has 1 fully saturated rings. The molecule has 0 aromatic carbocycles. The van der Waals surface area contributed by atoms with Crippen molar-refractivity contribution in [2.45, 2.75) is 25.1 Å². The van der Waals surface area contributed by atoms with Gasteiger partial charge in [-0.15, -0.1) is 0 Å². The summed E-state index contributed by atoms with van der Waals surface area (Å²) in [6.07, 6.45) is 4.40. The molecule has 18 heavy (non-hydrogen) atoms. The first-order valence-electron chi connectivity index (χ1n) is 6.51. The van der Waals surface area contributed by atoms with Crippen LogP contribution in [0.5, 0.6) is 0 Å². The lowest BCUT2D eigenvalue weighted by atomic mass is 10.0. The third-order valence-electron chi connectivity index (χ3n) is 3.41. The van der Waals surface area contributed by atoms with Crippen LogP contribution in [0.4, 0.5) is 5.82 Å². The molecule has 1 aromatic rings. The second-order valence-corrected chi connectivity index (χ2v) is 5.64. The molecule has 2 heterocycles. The summed E-state index contributed by atoms with van der Waals surface area (Å²) in [6.45, 7) is 4.98. The topological polar surface area (TPSA) is 25.4 Å². The Morgan fingerprint density at radius 1 is 1.56 bits per heavy atom. The second kappa shape index (κ2) is 6.53. The molecular formula is C14H21BrN2O. The maximum Gasteiger partial charge on any atom is 0.131 e. The molecule has 2 rings (SSSR count). The fourth-order valence-electron chi connectivity index (χ4n) is 2.52. The molecule has 0 saturated carbocycles. The smallest absolute Gasteiger partial charge is 0.131 e. The molecule has 4 heteroatoms. The molecule has 1 saturated heterocycles. The van der Waals surface area contributed by atoms with Crippen LogP contribution >= 0.6 is 15.9 Å². The Morgan fingerprint density at radius 3 is 3.00 bits per heavy atom. The largest absolute Gasteiger partial charge is 0.381 e. The third-order valence-corrected chi connectivity index (χ3v) is 4.06. The van der Waals surface area contributed by atoms with Gasteiger partial charge in [-0.05, 0) is 36.8 Å². The van der Waals surface area contributed by atoms with Crippen molar-refractivity contribution in [3.05, 3.63) is 23.4 Å². The molecule has 1 aliphatic rings. The Morgan fingerprint density at radius 2 is 2.39 bits per heavy atom. The van der Waals surface area contributed by atoms with Crippen LogP contribution < -0.4 is 4.90 Å². The minimum Gasteiger partial charge on any atom is -0.381 e. The lowest BCUT2D eigenvalue weighted by Gasteiger charge is -2.28. The summed E-state index contributed by atoms with van der Waals surface area (Å²) in [6, 6.07) is 2.20. The Balaban J connectivity index is 2.01. The van der Waals surface area contributed by atoms with Gasteiger partial charge in [0, 0.05) is 31.7 Å². The molecule has 0 spiro atoms. The van der Waals surface area contributed by atoms with Crippen molar-refractivity contribution in [2.24, 2.45) is 5.92 Å². The fraction of sp³-hybridized carbons (Fsp3) is 0.643. The second-order valence-electron chi connectivity index (χ2n) is 5.08. The van der Waals surface area contributed by atoms with Crippen molar-refractivity contribution in [2.75, 3.05) is 31.7 Å².